The van der Waals surface area contributed by atoms with Crippen LogP contribution in [0.25, 0.3) is 0 Å². The summed E-state index contributed by atoms with van der Waals surface area (Å²) in [6.07, 6.45) is 3.19. The van der Waals surface area contributed by atoms with Crippen LogP contribution in [0.4, 0.5) is 0 Å². The molecule has 2 heterocycles. The van der Waals surface area contributed by atoms with E-state index in [-0.39, 0.29) is 11.8 Å². The predicted octanol–water partition coefficient (Wildman–Crippen LogP) is 0.570. The molecule has 0 spiro atoms. The van der Waals surface area contributed by atoms with Crippen molar-refractivity contribution in [2.75, 3.05) is 32.7 Å². The zero-order chi connectivity index (χ0) is 18.7. The molecule has 0 radical (unpaired) electrons. The normalized spacial score (nSPS) is 22.9. The van der Waals surface area contributed by atoms with Gasteiger partial charge in [0, 0.05) is 13.1 Å². The molecule has 1 N–H and O–H groups in total. The molecule has 7 heteroatoms. The van der Waals surface area contributed by atoms with E-state index in [9.17, 15) is 13.2 Å². The number of benzene rings is 1. The van der Waals surface area contributed by atoms with Gasteiger partial charge in [0.15, 0.2) is 6.54 Å². The molecule has 1 atom stereocenters. The van der Waals surface area contributed by atoms with E-state index in [1.807, 2.05) is 13.8 Å². The number of nitrogens with one attached hydrogen (secondary N) is 1. The zero-order valence-electron chi connectivity index (χ0n) is 15.7. The minimum Gasteiger partial charge on any atom is -0.327 e. The summed E-state index contributed by atoms with van der Waals surface area (Å²) in [5.74, 6) is 0.114. The number of rotatable bonds is 5. The van der Waals surface area contributed by atoms with Gasteiger partial charge in [-0.25, -0.2) is 8.42 Å². The lowest BCUT2D eigenvalue weighted by molar-refractivity contribution is -0.897. The summed E-state index contributed by atoms with van der Waals surface area (Å²) in [5, 5.41) is 0. The van der Waals surface area contributed by atoms with Crippen LogP contribution in [-0.2, 0) is 14.8 Å². The summed E-state index contributed by atoms with van der Waals surface area (Å²) in [5.41, 5.74) is 0. The van der Waals surface area contributed by atoms with E-state index < -0.39 is 16.2 Å². The van der Waals surface area contributed by atoms with Crippen molar-refractivity contribution in [1.82, 2.24) is 9.21 Å². The Kier molecular flexibility index (Phi) is 5.99. The molecule has 1 aromatic rings. The van der Waals surface area contributed by atoms with E-state index >= 15 is 0 Å². The highest BCUT2D eigenvalue weighted by Crippen LogP contribution is 2.28. The van der Waals surface area contributed by atoms with Gasteiger partial charge in [-0.15, -0.1) is 0 Å². The third-order valence-corrected chi connectivity index (χ3v) is 7.29. The summed E-state index contributed by atoms with van der Waals surface area (Å²) in [6, 6.07) is 8.51. The average Bonchev–Trinajstić information content (AvgIpc) is 3.10. The SMILES string of the molecule is CC(C)C1N(C(=O)C[NH+]2CCCCC2)CCN1S(=O)(=O)c1ccccc1. The van der Waals surface area contributed by atoms with Gasteiger partial charge in [-0.05, 0) is 37.3 Å². The van der Waals surface area contributed by atoms with Gasteiger partial charge in [-0.1, -0.05) is 32.0 Å². The smallest absolute Gasteiger partial charge is 0.279 e. The molecule has 1 amide bonds. The van der Waals surface area contributed by atoms with Crippen molar-refractivity contribution in [3.05, 3.63) is 30.3 Å². The number of hydrogen-bond acceptors (Lipinski definition) is 3. The fourth-order valence-corrected chi connectivity index (χ4v) is 5.86. The molecule has 1 unspecified atom stereocenters. The van der Waals surface area contributed by atoms with Gasteiger partial charge in [0.1, 0.15) is 6.17 Å². The van der Waals surface area contributed by atoms with Crippen LogP contribution in [-0.4, -0.2) is 62.4 Å². The maximum absolute atomic E-state index is 13.1. The minimum absolute atomic E-state index is 0.0382. The van der Waals surface area contributed by atoms with Crippen LogP contribution in [0.3, 0.4) is 0 Å². The monoisotopic (exact) mass is 380 g/mol. The summed E-state index contributed by atoms with van der Waals surface area (Å²) in [6.45, 7) is 7.36. The number of carbonyl (C=O) groups is 1. The van der Waals surface area contributed by atoms with Gasteiger partial charge in [0.2, 0.25) is 10.0 Å². The second-order valence-corrected chi connectivity index (χ2v) is 9.55. The van der Waals surface area contributed by atoms with Gasteiger partial charge in [-0.2, -0.15) is 4.31 Å². The van der Waals surface area contributed by atoms with Gasteiger partial charge in [0.25, 0.3) is 5.91 Å². The first-order valence-electron chi connectivity index (χ1n) is 9.61. The van der Waals surface area contributed by atoms with Crippen LogP contribution in [0.2, 0.25) is 0 Å². The Hall–Kier alpha value is -1.44. The molecule has 2 fully saturated rings. The van der Waals surface area contributed by atoms with Crippen LogP contribution in [0.1, 0.15) is 33.1 Å². The predicted molar refractivity (Wildman–Crippen MR) is 100 cm³/mol. The standard InChI is InChI=1S/C19H29N3O3S/c1-16(2)19-21(18(23)15-20-11-7-4-8-12-20)13-14-22(19)26(24,25)17-9-5-3-6-10-17/h3,5-6,9-10,16,19H,4,7-8,11-15H2,1-2H3/p+1. The highest BCUT2D eigenvalue weighted by Gasteiger charge is 2.44. The number of sulfonamides is 1. The first-order valence-corrected chi connectivity index (χ1v) is 11.0. The quantitative estimate of drug-likeness (QED) is 0.812. The van der Waals surface area contributed by atoms with E-state index in [0.29, 0.717) is 24.5 Å². The molecule has 144 valence electrons. The van der Waals surface area contributed by atoms with Crippen LogP contribution in [0, 0.1) is 5.92 Å². The molecule has 0 bridgehead atoms. The zero-order valence-corrected chi connectivity index (χ0v) is 16.5. The van der Waals surface area contributed by atoms with Gasteiger partial charge in [-0.3, -0.25) is 4.79 Å². The fourth-order valence-electron chi connectivity index (χ4n) is 4.13. The maximum Gasteiger partial charge on any atom is 0.279 e. The van der Waals surface area contributed by atoms with Crippen molar-refractivity contribution >= 4 is 15.9 Å². The van der Waals surface area contributed by atoms with E-state index in [1.165, 1.54) is 28.5 Å². The lowest BCUT2D eigenvalue weighted by atomic mass is 10.1. The first-order chi connectivity index (χ1) is 12.4. The lowest BCUT2D eigenvalue weighted by Crippen LogP contribution is -3.14. The maximum atomic E-state index is 13.1. The fraction of sp³-hybridized carbons (Fsp3) is 0.632. The van der Waals surface area contributed by atoms with E-state index in [2.05, 4.69) is 0 Å². The molecule has 2 aliphatic rings. The molecule has 3 rings (SSSR count). The van der Waals surface area contributed by atoms with Crippen LogP contribution in [0.5, 0.6) is 0 Å². The van der Waals surface area contributed by atoms with Gasteiger partial charge < -0.3 is 9.80 Å². The largest absolute Gasteiger partial charge is 0.327 e. The molecule has 2 saturated heterocycles. The average molecular weight is 381 g/mol. The number of piperidine rings is 1. The first kappa shape index (κ1) is 19.3. The highest BCUT2D eigenvalue weighted by molar-refractivity contribution is 7.89. The van der Waals surface area contributed by atoms with E-state index in [1.54, 1.807) is 35.2 Å². The minimum atomic E-state index is -3.60. The number of nitrogens with zero attached hydrogens (tertiary/aromatic N) is 2. The third kappa shape index (κ3) is 3.94. The Balaban J connectivity index is 1.78. The number of carbonyl (C=O) groups excluding carboxylic acids is 1. The molecular formula is C19H30N3O3S+. The Bertz CT molecular complexity index is 715. The van der Waals surface area contributed by atoms with Crippen LogP contribution < -0.4 is 4.90 Å². The molecule has 1 aromatic carbocycles. The Labute approximate surface area is 156 Å². The Morgan fingerprint density at radius 2 is 1.77 bits per heavy atom. The van der Waals surface area contributed by atoms with Crippen molar-refractivity contribution < 1.29 is 18.1 Å². The van der Waals surface area contributed by atoms with Crippen molar-refractivity contribution in [2.45, 2.75) is 44.2 Å². The summed E-state index contributed by atoms with van der Waals surface area (Å²) in [7, 11) is -3.60. The number of likely N-dealkylation sites (tertiary alicyclic amines) is 1. The molecule has 0 aliphatic carbocycles. The molecule has 2 aliphatic heterocycles. The van der Waals surface area contributed by atoms with E-state index in [0.717, 1.165) is 13.1 Å². The lowest BCUT2D eigenvalue weighted by Gasteiger charge is -2.33. The van der Waals surface area contributed by atoms with Gasteiger partial charge in [0.05, 0.1) is 18.0 Å². The molecule has 0 saturated carbocycles. The molecular weight excluding hydrogens is 350 g/mol. The molecule has 0 aromatic heterocycles. The number of amides is 1. The summed E-state index contributed by atoms with van der Waals surface area (Å²) in [4.78, 5) is 16.3. The topological polar surface area (TPSA) is 62.1 Å². The van der Waals surface area contributed by atoms with E-state index in [4.69, 9.17) is 0 Å². The Morgan fingerprint density at radius 3 is 2.38 bits per heavy atom. The van der Waals surface area contributed by atoms with Crippen molar-refractivity contribution in [3.8, 4) is 0 Å². The van der Waals surface area contributed by atoms with Crippen LogP contribution >= 0.6 is 0 Å². The van der Waals surface area contributed by atoms with Gasteiger partial charge >= 0.3 is 0 Å². The molecule has 26 heavy (non-hydrogen) atoms. The molecule has 6 nitrogen and oxygen atoms in total. The second kappa shape index (κ2) is 8.06. The van der Waals surface area contributed by atoms with Crippen LogP contribution in [0.15, 0.2) is 35.2 Å². The Morgan fingerprint density at radius 1 is 1.12 bits per heavy atom. The van der Waals surface area contributed by atoms with Crippen molar-refractivity contribution in [2.24, 2.45) is 5.92 Å². The van der Waals surface area contributed by atoms with Crippen molar-refractivity contribution in [3.63, 3.8) is 0 Å². The summed E-state index contributed by atoms with van der Waals surface area (Å²) >= 11 is 0. The number of hydrogen-bond donors (Lipinski definition) is 1. The summed E-state index contributed by atoms with van der Waals surface area (Å²) < 4.78 is 27.7. The third-order valence-electron chi connectivity index (χ3n) is 5.40. The number of quaternary nitrogens is 1. The second-order valence-electron chi connectivity index (χ2n) is 7.66. The van der Waals surface area contributed by atoms with Crippen molar-refractivity contribution in [1.29, 1.82) is 0 Å². The highest BCUT2D eigenvalue weighted by atomic mass is 32.2.